The molecule has 1 aromatic carbocycles. The number of unbranched alkanes of at least 4 members (excludes halogenated alkanes) is 3. The van der Waals surface area contributed by atoms with Gasteiger partial charge in [-0.3, -0.25) is 14.4 Å². The minimum Gasteiger partial charge on any atom is -0.466 e. The highest BCUT2D eigenvalue weighted by atomic mass is 16.5. The zero-order valence-electron chi connectivity index (χ0n) is 16.6. The fraction of sp³-hybridized carbons (Fsp3) is 0.571. The Kier molecular flexibility index (Phi) is 7.57. The summed E-state index contributed by atoms with van der Waals surface area (Å²) in [5.41, 5.74) is -1.47. The number of esters is 1. The number of aliphatic hydroxyl groups excluding tert-OH is 1. The van der Waals surface area contributed by atoms with Crippen LogP contribution in [0.3, 0.4) is 0 Å². The molecule has 1 heterocycles. The first kappa shape index (κ1) is 21.9. The average Bonchev–Trinajstić information content (AvgIpc) is 2.64. The zero-order valence-corrected chi connectivity index (χ0v) is 16.6. The summed E-state index contributed by atoms with van der Waals surface area (Å²) in [5, 5.41) is 14.2. The molecule has 0 bridgehead atoms. The number of ether oxygens (including phenoxy) is 1. The van der Waals surface area contributed by atoms with E-state index in [1.54, 1.807) is 6.92 Å². The van der Waals surface area contributed by atoms with Gasteiger partial charge < -0.3 is 20.5 Å². The summed E-state index contributed by atoms with van der Waals surface area (Å²) >= 11 is 0. The number of hydrogen-bond donors (Lipinski definition) is 3. The predicted octanol–water partition coefficient (Wildman–Crippen LogP) is 1.48. The van der Waals surface area contributed by atoms with Gasteiger partial charge in [0.15, 0.2) is 0 Å². The van der Waals surface area contributed by atoms with Crippen LogP contribution in [-0.2, 0) is 25.5 Å². The molecule has 2 rings (SSSR count). The molecule has 1 aliphatic rings. The quantitative estimate of drug-likeness (QED) is 0.415. The van der Waals surface area contributed by atoms with Crippen molar-refractivity contribution < 1.29 is 24.2 Å². The zero-order chi connectivity index (χ0) is 20.6. The molecule has 1 aromatic rings. The minimum absolute atomic E-state index is 0.163. The lowest BCUT2D eigenvalue weighted by atomic mass is 9.84. The molecule has 0 aromatic heterocycles. The van der Waals surface area contributed by atoms with Crippen LogP contribution in [0.15, 0.2) is 30.3 Å². The Balaban J connectivity index is 1.88. The van der Waals surface area contributed by atoms with Crippen molar-refractivity contribution in [3.8, 4) is 0 Å². The van der Waals surface area contributed by atoms with Crippen LogP contribution < -0.4 is 10.6 Å². The van der Waals surface area contributed by atoms with Crippen molar-refractivity contribution in [2.45, 2.75) is 63.5 Å². The van der Waals surface area contributed by atoms with E-state index in [1.165, 1.54) is 6.92 Å². The second kappa shape index (κ2) is 9.68. The monoisotopic (exact) mass is 390 g/mol. The van der Waals surface area contributed by atoms with E-state index in [9.17, 15) is 14.4 Å². The highest BCUT2D eigenvalue weighted by molar-refractivity contribution is 6.03. The SMILES string of the molecule is C[C@@]1(CC(=O)OCCCCCCO)NC(=O)[C@](C)(Cc2ccccc2)NC1=O. The van der Waals surface area contributed by atoms with Crippen molar-refractivity contribution in [2.24, 2.45) is 0 Å². The fourth-order valence-corrected chi connectivity index (χ4v) is 3.24. The molecule has 1 saturated heterocycles. The smallest absolute Gasteiger partial charge is 0.308 e. The second-order valence-corrected chi connectivity index (χ2v) is 7.77. The maximum atomic E-state index is 12.7. The van der Waals surface area contributed by atoms with Gasteiger partial charge in [-0.1, -0.05) is 36.8 Å². The van der Waals surface area contributed by atoms with E-state index in [1.807, 2.05) is 30.3 Å². The molecular formula is C21H30N2O5. The van der Waals surface area contributed by atoms with Crippen LogP contribution in [-0.4, -0.2) is 47.2 Å². The summed E-state index contributed by atoms with van der Waals surface area (Å²) in [7, 11) is 0. The van der Waals surface area contributed by atoms with Gasteiger partial charge in [0.2, 0.25) is 11.8 Å². The van der Waals surface area contributed by atoms with Gasteiger partial charge in [0.05, 0.1) is 13.0 Å². The normalized spacial score (nSPS) is 24.4. The van der Waals surface area contributed by atoms with Crippen molar-refractivity contribution in [1.82, 2.24) is 10.6 Å². The third kappa shape index (κ3) is 5.79. The van der Waals surface area contributed by atoms with Crippen molar-refractivity contribution in [1.29, 1.82) is 0 Å². The first-order valence-corrected chi connectivity index (χ1v) is 9.75. The molecule has 0 aliphatic carbocycles. The first-order chi connectivity index (χ1) is 13.3. The van der Waals surface area contributed by atoms with Crippen LogP contribution in [0.1, 0.15) is 51.5 Å². The Morgan fingerprint density at radius 3 is 2.25 bits per heavy atom. The Bertz CT molecular complexity index is 693. The lowest BCUT2D eigenvalue weighted by Crippen LogP contribution is -2.74. The molecule has 3 N–H and O–H groups in total. The van der Waals surface area contributed by atoms with Crippen LogP contribution in [0, 0.1) is 0 Å². The molecule has 7 nitrogen and oxygen atoms in total. The van der Waals surface area contributed by atoms with Crippen LogP contribution in [0.25, 0.3) is 0 Å². The van der Waals surface area contributed by atoms with Gasteiger partial charge in [0, 0.05) is 13.0 Å². The Labute approximate surface area is 165 Å². The summed E-state index contributed by atoms with van der Waals surface area (Å²) < 4.78 is 5.19. The number of benzene rings is 1. The molecule has 0 spiro atoms. The summed E-state index contributed by atoms with van der Waals surface area (Å²) in [5.74, 6) is -1.24. The summed E-state index contributed by atoms with van der Waals surface area (Å²) in [6, 6.07) is 9.45. The first-order valence-electron chi connectivity index (χ1n) is 9.75. The van der Waals surface area contributed by atoms with Crippen molar-refractivity contribution in [3.63, 3.8) is 0 Å². The van der Waals surface area contributed by atoms with Crippen molar-refractivity contribution in [2.75, 3.05) is 13.2 Å². The van der Waals surface area contributed by atoms with E-state index < -0.39 is 23.0 Å². The predicted molar refractivity (Wildman–Crippen MR) is 104 cm³/mol. The topological polar surface area (TPSA) is 105 Å². The molecule has 0 saturated carbocycles. The summed E-state index contributed by atoms with van der Waals surface area (Å²) in [4.78, 5) is 37.5. The average molecular weight is 390 g/mol. The van der Waals surface area contributed by atoms with Gasteiger partial charge in [-0.2, -0.15) is 0 Å². The number of piperazine rings is 1. The molecule has 154 valence electrons. The van der Waals surface area contributed by atoms with E-state index in [-0.39, 0.29) is 25.5 Å². The highest BCUT2D eigenvalue weighted by Gasteiger charge is 2.50. The third-order valence-electron chi connectivity index (χ3n) is 5.00. The summed E-state index contributed by atoms with van der Waals surface area (Å²) in [6.07, 6.45) is 3.32. The van der Waals surface area contributed by atoms with Gasteiger partial charge in [0.1, 0.15) is 11.1 Å². The van der Waals surface area contributed by atoms with Crippen molar-refractivity contribution >= 4 is 17.8 Å². The fourth-order valence-electron chi connectivity index (χ4n) is 3.24. The van der Waals surface area contributed by atoms with E-state index in [0.29, 0.717) is 12.8 Å². The Hall–Kier alpha value is -2.41. The number of hydrogen-bond acceptors (Lipinski definition) is 5. The van der Waals surface area contributed by atoms with Crippen molar-refractivity contribution in [3.05, 3.63) is 35.9 Å². The molecule has 28 heavy (non-hydrogen) atoms. The van der Waals surface area contributed by atoms with E-state index >= 15 is 0 Å². The van der Waals surface area contributed by atoms with E-state index in [4.69, 9.17) is 9.84 Å². The standard InChI is InChI=1S/C21H30N2O5/c1-20(14-16-10-6-5-7-11-16)18(26)23-21(2,19(27)22-20)15-17(25)28-13-9-4-3-8-12-24/h5-7,10-11,24H,3-4,8-9,12-15H2,1-2H3,(H,22,27)(H,23,26)/t20-,21-/m0/s1. The molecular weight excluding hydrogens is 360 g/mol. The van der Waals surface area contributed by atoms with Gasteiger partial charge in [-0.05, 0) is 38.7 Å². The number of nitrogens with one attached hydrogen (secondary N) is 2. The highest BCUT2D eigenvalue weighted by Crippen LogP contribution is 2.23. The lowest BCUT2D eigenvalue weighted by Gasteiger charge is -2.42. The van der Waals surface area contributed by atoms with E-state index in [2.05, 4.69) is 10.6 Å². The number of carbonyl (C=O) groups is 3. The van der Waals surface area contributed by atoms with Gasteiger partial charge in [-0.15, -0.1) is 0 Å². The summed E-state index contributed by atoms with van der Waals surface area (Å²) in [6.45, 7) is 3.64. The second-order valence-electron chi connectivity index (χ2n) is 7.77. The molecule has 7 heteroatoms. The Morgan fingerprint density at radius 2 is 1.57 bits per heavy atom. The van der Waals surface area contributed by atoms with Gasteiger partial charge in [0.25, 0.3) is 0 Å². The van der Waals surface area contributed by atoms with Crippen LogP contribution in [0.4, 0.5) is 0 Å². The molecule has 0 radical (unpaired) electrons. The van der Waals surface area contributed by atoms with Gasteiger partial charge >= 0.3 is 5.97 Å². The number of aliphatic hydroxyl groups is 1. The molecule has 2 atom stereocenters. The minimum atomic E-state index is -1.33. The molecule has 1 aliphatic heterocycles. The molecule has 2 amide bonds. The number of amides is 2. The Morgan fingerprint density at radius 1 is 0.964 bits per heavy atom. The molecule has 1 fully saturated rings. The molecule has 0 unspecified atom stereocenters. The van der Waals surface area contributed by atoms with E-state index in [0.717, 1.165) is 24.8 Å². The third-order valence-corrected chi connectivity index (χ3v) is 5.00. The number of rotatable bonds is 10. The maximum Gasteiger partial charge on any atom is 0.308 e. The van der Waals surface area contributed by atoms with Crippen LogP contribution in [0.5, 0.6) is 0 Å². The van der Waals surface area contributed by atoms with Crippen LogP contribution >= 0.6 is 0 Å². The lowest BCUT2D eigenvalue weighted by molar-refractivity contribution is -0.153. The maximum absolute atomic E-state index is 12.7. The van der Waals surface area contributed by atoms with Crippen LogP contribution in [0.2, 0.25) is 0 Å². The number of carbonyl (C=O) groups excluding carboxylic acids is 3. The largest absolute Gasteiger partial charge is 0.466 e. The van der Waals surface area contributed by atoms with Gasteiger partial charge in [-0.25, -0.2) is 0 Å².